The first-order valence-electron chi connectivity index (χ1n) is 9.69. The van der Waals surface area contributed by atoms with Crippen LogP contribution in [-0.2, 0) is 11.2 Å². The van der Waals surface area contributed by atoms with E-state index in [4.69, 9.17) is 4.74 Å². The van der Waals surface area contributed by atoms with E-state index in [1.54, 1.807) is 12.4 Å². The van der Waals surface area contributed by atoms with Gasteiger partial charge in [0.1, 0.15) is 5.75 Å². The molecule has 1 amide bonds. The van der Waals surface area contributed by atoms with Gasteiger partial charge in [0.15, 0.2) is 5.60 Å². The lowest BCUT2D eigenvalue weighted by atomic mass is 9.90. The highest BCUT2D eigenvalue weighted by atomic mass is 16.5. The lowest BCUT2D eigenvalue weighted by Crippen LogP contribution is -2.56. The van der Waals surface area contributed by atoms with Gasteiger partial charge in [-0.1, -0.05) is 12.1 Å². The van der Waals surface area contributed by atoms with Crippen LogP contribution in [0.5, 0.6) is 5.75 Å². The number of amides is 1. The van der Waals surface area contributed by atoms with Gasteiger partial charge < -0.3 is 15.4 Å². The molecule has 1 aliphatic heterocycles. The van der Waals surface area contributed by atoms with Crippen molar-refractivity contribution in [3.63, 3.8) is 0 Å². The molecule has 1 fully saturated rings. The molecule has 0 radical (unpaired) electrons. The fraction of sp³-hybridized carbons (Fsp3) is 0.318. The molecule has 0 unspecified atom stereocenters. The van der Waals surface area contributed by atoms with E-state index in [1.807, 2.05) is 48.5 Å². The van der Waals surface area contributed by atoms with Crippen LogP contribution in [0.3, 0.4) is 0 Å². The number of piperidine rings is 1. The number of hydrogen-bond donors (Lipinski definition) is 2. The summed E-state index contributed by atoms with van der Waals surface area (Å²) < 4.78 is 6.41. The molecule has 2 aromatic heterocycles. The average molecular weight is 376 g/mol. The summed E-state index contributed by atoms with van der Waals surface area (Å²) in [6.07, 6.45) is 5.47. The molecule has 3 aromatic rings. The lowest BCUT2D eigenvalue weighted by Gasteiger charge is -2.36. The van der Waals surface area contributed by atoms with Crippen LogP contribution in [0.25, 0.3) is 10.9 Å². The van der Waals surface area contributed by atoms with E-state index < -0.39 is 5.60 Å². The van der Waals surface area contributed by atoms with Crippen LogP contribution in [0.2, 0.25) is 0 Å². The highest BCUT2D eigenvalue weighted by Gasteiger charge is 2.42. The minimum absolute atomic E-state index is 0.0641. The normalized spacial score (nSPS) is 15.9. The Hall–Kier alpha value is -2.99. The first-order chi connectivity index (χ1) is 13.8. The number of benzene rings is 1. The van der Waals surface area contributed by atoms with Crippen molar-refractivity contribution in [3.8, 4) is 5.75 Å². The van der Waals surface area contributed by atoms with Crippen molar-refractivity contribution in [2.24, 2.45) is 0 Å². The van der Waals surface area contributed by atoms with Crippen molar-refractivity contribution in [2.75, 3.05) is 19.6 Å². The molecular weight excluding hydrogens is 352 g/mol. The summed E-state index contributed by atoms with van der Waals surface area (Å²) in [6.45, 7) is 2.03. The summed E-state index contributed by atoms with van der Waals surface area (Å²) in [5.74, 6) is 0.637. The van der Waals surface area contributed by atoms with Crippen molar-refractivity contribution in [1.29, 1.82) is 0 Å². The second-order valence-electron chi connectivity index (χ2n) is 7.00. The van der Waals surface area contributed by atoms with Gasteiger partial charge >= 0.3 is 0 Å². The quantitative estimate of drug-likeness (QED) is 0.691. The van der Waals surface area contributed by atoms with Crippen LogP contribution in [0.4, 0.5) is 0 Å². The van der Waals surface area contributed by atoms with E-state index in [0.29, 0.717) is 31.6 Å². The van der Waals surface area contributed by atoms with Gasteiger partial charge in [0.05, 0.1) is 5.52 Å². The fourth-order valence-corrected chi connectivity index (χ4v) is 3.59. The zero-order valence-corrected chi connectivity index (χ0v) is 15.7. The van der Waals surface area contributed by atoms with Crippen molar-refractivity contribution < 1.29 is 9.53 Å². The molecule has 28 heavy (non-hydrogen) atoms. The van der Waals surface area contributed by atoms with Crippen LogP contribution in [-0.4, -0.2) is 41.1 Å². The van der Waals surface area contributed by atoms with E-state index in [2.05, 4.69) is 20.6 Å². The Morgan fingerprint density at radius 2 is 1.89 bits per heavy atom. The third-order valence-corrected chi connectivity index (χ3v) is 5.13. The van der Waals surface area contributed by atoms with Gasteiger partial charge in [0, 0.05) is 49.3 Å². The summed E-state index contributed by atoms with van der Waals surface area (Å²) >= 11 is 0. The number of nitrogens with zero attached hydrogens (tertiary/aromatic N) is 2. The Bertz CT molecular complexity index is 934. The molecule has 0 bridgehead atoms. The number of nitrogens with one attached hydrogen (secondary N) is 2. The molecule has 6 nitrogen and oxygen atoms in total. The SMILES string of the molecule is O=C(NCCc1ccccn1)C1(Oc2cccc3ncccc23)CCNCC1. The Balaban J connectivity index is 1.51. The monoisotopic (exact) mass is 376 g/mol. The third-order valence-electron chi connectivity index (χ3n) is 5.13. The van der Waals surface area contributed by atoms with Crippen LogP contribution >= 0.6 is 0 Å². The number of aromatic nitrogens is 2. The Labute approximate surface area is 164 Å². The number of carbonyl (C=O) groups excluding carboxylic acids is 1. The third kappa shape index (κ3) is 3.97. The number of rotatable bonds is 6. The van der Waals surface area contributed by atoms with Gasteiger partial charge in [0.2, 0.25) is 0 Å². The highest BCUT2D eigenvalue weighted by molar-refractivity contribution is 5.88. The van der Waals surface area contributed by atoms with Crippen LogP contribution in [0.15, 0.2) is 60.9 Å². The first kappa shape index (κ1) is 18.4. The fourth-order valence-electron chi connectivity index (χ4n) is 3.59. The minimum atomic E-state index is -0.876. The van der Waals surface area contributed by atoms with E-state index >= 15 is 0 Å². The largest absolute Gasteiger partial charge is 0.477 e. The molecule has 4 rings (SSSR count). The Morgan fingerprint density at radius 1 is 1.04 bits per heavy atom. The maximum absolute atomic E-state index is 13.2. The Morgan fingerprint density at radius 3 is 2.71 bits per heavy atom. The van der Waals surface area contributed by atoms with Gasteiger partial charge in [-0.3, -0.25) is 14.8 Å². The van der Waals surface area contributed by atoms with E-state index in [9.17, 15) is 4.79 Å². The molecule has 144 valence electrons. The highest BCUT2D eigenvalue weighted by Crippen LogP contribution is 2.31. The predicted molar refractivity (Wildman–Crippen MR) is 108 cm³/mol. The Kier molecular flexibility index (Phi) is 5.48. The van der Waals surface area contributed by atoms with Gasteiger partial charge in [-0.15, -0.1) is 0 Å². The van der Waals surface area contributed by atoms with Crippen molar-refractivity contribution in [3.05, 3.63) is 66.6 Å². The van der Waals surface area contributed by atoms with E-state index in [-0.39, 0.29) is 5.91 Å². The zero-order chi connectivity index (χ0) is 19.2. The van der Waals surface area contributed by atoms with Crippen LogP contribution in [0.1, 0.15) is 18.5 Å². The van der Waals surface area contributed by atoms with Gasteiger partial charge in [-0.25, -0.2) is 0 Å². The van der Waals surface area contributed by atoms with Gasteiger partial charge in [0.25, 0.3) is 5.91 Å². The summed E-state index contributed by atoms with van der Waals surface area (Å²) in [5, 5.41) is 7.30. The van der Waals surface area contributed by atoms with Gasteiger partial charge in [-0.05, 0) is 49.5 Å². The molecule has 6 heteroatoms. The van der Waals surface area contributed by atoms with E-state index in [0.717, 1.165) is 29.7 Å². The summed E-state index contributed by atoms with van der Waals surface area (Å²) in [4.78, 5) is 21.8. The number of carbonyl (C=O) groups is 1. The molecule has 3 heterocycles. The summed E-state index contributed by atoms with van der Waals surface area (Å²) in [7, 11) is 0. The molecule has 0 atom stereocenters. The molecule has 0 spiro atoms. The zero-order valence-electron chi connectivity index (χ0n) is 15.7. The number of fused-ring (bicyclic) bond motifs is 1. The molecule has 0 saturated carbocycles. The summed E-state index contributed by atoms with van der Waals surface area (Å²) in [5.41, 5.74) is 0.947. The molecule has 1 saturated heterocycles. The first-order valence-corrected chi connectivity index (χ1v) is 9.69. The standard InChI is InChI=1S/C22H24N4O2/c27-21(26-14-9-17-5-1-2-12-24-17)22(10-15-23-16-11-22)28-20-8-3-7-19-18(20)6-4-13-25-19/h1-8,12-13,23H,9-11,14-16H2,(H,26,27). The van der Waals surface area contributed by atoms with Crippen molar-refractivity contribution in [1.82, 2.24) is 20.6 Å². The summed E-state index contributed by atoms with van der Waals surface area (Å²) in [6, 6.07) is 15.4. The number of pyridine rings is 2. The van der Waals surface area contributed by atoms with Gasteiger partial charge in [-0.2, -0.15) is 0 Å². The van der Waals surface area contributed by atoms with Crippen LogP contribution in [0, 0.1) is 0 Å². The van der Waals surface area contributed by atoms with Crippen LogP contribution < -0.4 is 15.4 Å². The molecule has 0 aliphatic carbocycles. The average Bonchev–Trinajstić information content (AvgIpc) is 2.75. The van der Waals surface area contributed by atoms with Crippen molar-refractivity contribution >= 4 is 16.8 Å². The minimum Gasteiger partial charge on any atom is -0.477 e. The second kappa shape index (κ2) is 8.35. The molecule has 2 N–H and O–H groups in total. The molecule has 1 aromatic carbocycles. The molecule has 1 aliphatic rings. The smallest absolute Gasteiger partial charge is 0.264 e. The maximum Gasteiger partial charge on any atom is 0.264 e. The van der Waals surface area contributed by atoms with E-state index in [1.165, 1.54) is 0 Å². The predicted octanol–water partition coefficient (Wildman–Crippen LogP) is 2.49. The van der Waals surface area contributed by atoms with Crippen molar-refractivity contribution in [2.45, 2.75) is 24.9 Å². The topological polar surface area (TPSA) is 76.1 Å². The maximum atomic E-state index is 13.2. The number of ether oxygens (including phenoxy) is 1. The lowest BCUT2D eigenvalue weighted by molar-refractivity contribution is -0.139. The molecular formula is C22H24N4O2. The number of hydrogen-bond acceptors (Lipinski definition) is 5. The second-order valence-corrected chi connectivity index (χ2v) is 7.00.